The molecule has 3 rings (SSSR count). The van der Waals surface area contributed by atoms with Crippen LogP contribution in [-0.4, -0.2) is 54.4 Å². The average molecular weight is 353 g/mol. The van der Waals surface area contributed by atoms with Crippen LogP contribution in [0.1, 0.15) is 15.9 Å². The molecule has 0 radical (unpaired) electrons. The minimum Gasteiger partial charge on any atom is -0.484 e. The zero-order valence-electron chi connectivity index (χ0n) is 14.6. The first-order chi connectivity index (χ1) is 12.6. The molecular formula is C20H23N3O3. The van der Waals surface area contributed by atoms with E-state index in [1.807, 2.05) is 23.1 Å². The van der Waals surface area contributed by atoms with Gasteiger partial charge in [0.2, 0.25) is 0 Å². The lowest BCUT2D eigenvalue weighted by molar-refractivity contribution is -0.119. The summed E-state index contributed by atoms with van der Waals surface area (Å²) < 4.78 is 5.21. The van der Waals surface area contributed by atoms with Crippen molar-refractivity contribution in [2.24, 2.45) is 5.73 Å². The van der Waals surface area contributed by atoms with Gasteiger partial charge in [0.15, 0.2) is 6.61 Å². The molecule has 1 heterocycles. The van der Waals surface area contributed by atoms with Gasteiger partial charge in [-0.2, -0.15) is 0 Å². The van der Waals surface area contributed by atoms with E-state index in [1.165, 1.54) is 5.56 Å². The molecule has 2 N–H and O–H groups in total. The zero-order chi connectivity index (χ0) is 18.4. The maximum atomic E-state index is 12.6. The zero-order valence-corrected chi connectivity index (χ0v) is 14.6. The Labute approximate surface area is 153 Å². The van der Waals surface area contributed by atoms with Crippen LogP contribution in [0.25, 0.3) is 0 Å². The molecule has 6 heteroatoms. The number of hydrogen-bond donors (Lipinski definition) is 1. The number of ether oxygens (including phenoxy) is 1. The van der Waals surface area contributed by atoms with Gasteiger partial charge in [0.05, 0.1) is 0 Å². The molecule has 6 nitrogen and oxygen atoms in total. The summed E-state index contributed by atoms with van der Waals surface area (Å²) in [5, 5.41) is 0. The summed E-state index contributed by atoms with van der Waals surface area (Å²) in [6.45, 7) is 3.89. The summed E-state index contributed by atoms with van der Waals surface area (Å²) in [6.07, 6.45) is 0. The van der Waals surface area contributed by atoms with Gasteiger partial charge in [-0.25, -0.2) is 0 Å². The second-order valence-corrected chi connectivity index (χ2v) is 6.33. The number of carbonyl (C=O) groups excluding carboxylic acids is 2. The molecule has 1 saturated heterocycles. The van der Waals surface area contributed by atoms with Crippen molar-refractivity contribution in [2.45, 2.75) is 6.54 Å². The number of primary amides is 1. The van der Waals surface area contributed by atoms with E-state index >= 15 is 0 Å². The summed E-state index contributed by atoms with van der Waals surface area (Å²) >= 11 is 0. The number of carbonyl (C=O) groups is 2. The van der Waals surface area contributed by atoms with Crippen LogP contribution in [0.5, 0.6) is 5.75 Å². The lowest BCUT2D eigenvalue weighted by Crippen LogP contribution is -2.48. The fourth-order valence-corrected chi connectivity index (χ4v) is 2.98. The first-order valence-electron chi connectivity index (χ1n) is 8.68. The monoisotopic (exact) mass is 353 g/mol. The van der Waals surface area contributed by atoms with Crippen LogP contribution < -0.4 is 10.5 Å². The predicted octanol–water partition coefficient (Wildman–Crippen LogP) is 1.51. The van der Waals surface area contributed by atoms with E-state index in [0.717, 1.165) is 19.6 Å². The molecule has 1 fully saturated rings. The third-order valence-electron chi connectivity index (χ3n) is 4.39. The highest BCUT2D eigenvalue weighted by Crippen LogP contribution is 2.15. The minimum absolute atomic E-state index is 0.0193. The van der Waals surface area contributed by atoms with Gasteiger partial charge in [-0.3, -0.25) is 14.5 Å². The standard InChI is InChI=1S/C20H23N3O3/c21-19(24)15-26-18-8-6-17(7-9-18)20(25)23-12-10-22(11-13-23)14-16-4-2-1-3-5-16/h1-9H,10-15H2,(H2,21,24). The van der Waals surface area contributed by atoms with Crippen LogP contribution in [0.2, 0.25) is 0 Å². The number of hydrogen-bond acceptors (Lipinski definition) is 4. The Morgan fingerprint density at radius 3 is 2.19 bits per heavy atom. The van der Waals surface area contributed by atoms with Crippen molar-refractivity contribution in [2.75, 3.05) is 32.8 Å². The molecule has 2 aromatic rings. The molecule has 0 unspecified atom stereocenters. The molecule has 0 aliphatic carbocycles. The van der Waals surface area contributed by atoms with Gasteiger partial charge < -0.3 is 15.4 Å². The van der Waals surface area contributed by atoms with Crippen LogP contribution in [-0.2, 0) is 11.3 Å². The van der Waals surface area contributed by atoms with Crippen molar-refractivity contribution in [1.82, 2.24) is 9.80 Å². The minimum atomic E-state index is -0.529. The Bertz CT molecular complexity index is 739. The first-order valence-corrected chi connectivity index (χ1v) is 8.68. The van der Waals surface area contributed by atoms with E-state index in [0.29, 0.717) is 24.4 Å². The highest BCUT2D eigenvalue weighted by atomic mass is 16.5. The van der Waals surface area contributed by atoms with E-state index in [4.69, 9.17) is 10.5 Å². The fourth-order valence-electron chi connectivity index (χ4n) is 2.98. The number of piperazine rings is 1. The Hall–Kier alpha value is -2.86. The highest BCUT2D eigenvalue weighted by molar-refractivity contribution is 5.94. The molecule has 136 valence electrons. The van der Waals surface area contributed by atoms with Crippen LogP contribution in [0.3, 0.4) is 0 Å². The lowest BCUT2D eigenvalue weighted by Gasteiger charge is -2.34. The summed E-state index contributed by atoms with van der Waals surface area (Å²) in [7, 11) is 0. The Balaban J connectivity index is 1.51. The molecule has 0 saturated carbocycles. The van der Waals surface area contributed by atoms with Gasteiger partial charge in [0, 0.05) is 38.3 Å². The highest BCUT2D eigenvalue weighted by Gasteiger charge is 2.22. The number of rotatable bonds is 6. The van der Waals surface area contributed by atoms with Gasteiger partial charge in [0.1, 0.15) is 5.75 Å². The molecule has 0 bridgehead atoms. The fraction of sp³-hybridized carbons (Fsp3) is 0.300. The van der Waals surface area contributed by atoms with E-state index in [9.17, 15) is 9.59 Å². The number of benzene rings is 2. The molecule has 1 aliphatic rings. The SMILES string of the molecule is NC(=O)COc1ccc(C(=O)N2CCN(Cc3ccccc3)CC2)cc1. The van der Waals surface area contributed by atoms with Crippen LogP contribution in [0.15, 0.2) is 54.6 Å². The molecule has 0 atom stereocenters. The van der Waals surface area contributed by atoms with Crippen LogP contribution in [0, 0.1) is 0 Å². The van der Waals surface area contributed by atoms with E-state index in [-0.39, 0.29) is 12.5 Å². The van der Waals surface area contributed by atoms with Gasteiger partial charge in [-0.15, -0.1) is 0 Å². The summed E-state index contributed by atoms with van der Waals surface area (Å²) in [5.74, 6) is 0.0115. The largest absolute Gasteiger partial charge is 0.484 e. The lowest BCUT2D eigenvalue weighted by atomic mass is 10.1. The quantitative estimate of drug-likeness (QED) is 0.854. The maximum absolute atomic E-state index is 12.6. The molecule has 0 aromatic heterocycles. The molecule has 1 aliphatic heterocycles. The number of nitrogens with two attached hydrogens (primary N) is 1. The maximum Gasteiger partial charge on any atom is 0.255 e. The molecule has 2 amide bonds. The van der Waals surface area contributed by atoms with E-state index in [2.05, 4.69) is 17.0 Å². The van der Waals surface area contributed by atoms with E-state index < -0.39 is 5.91 Å². The van der Waals surface area contributed by atoms with Gasteiger partial charge in [0.25, 0.3) is 11.8 Å². The Kier molecular flexibility index (Phi) is 5.86. The molecule has 26 heavy (non-hydrogen) atoms. The summed E-state index contributed by atoms with van der Waals surface area (Å²) in [6, 6.07) is 17.2. The van der Waals surface area contributed by atoms with Crippen LogP contribution >= 0.6 is 0 Å². The van der Waals surface area contributed by atoms with Crippen molar-refractivity contribution >= 4 is 11.8 Å². The number of nitrogens with zero attached hydrogens (tertiary/aromatic N) is 2. The van der Waals surface area contributed by atoms with Crippen LogP contribution in [0.4, 0.5) is 0 Å². The van der Waals surface area contributed by atoms with Crippen molar-refractivity contribution in [1.29, 1.82) is 0 Å². The van der Waals surface area contributed by atoms with Crippen molar-refractivity contribution < 1.29 is 14.3 Å². The normalized spacial score (nSPS) is 14.8. The smallest absolute Gasteiger partial charge is 0.255 e. The third-order valence-corrected chi connectivity index (χ3v) is 4.39. The first kappa shape index (κ1) is 17.9. The molecule has 0 spiro atoms. The topological polar surface area (TPSA) is 75.9 Å². The van der Waals surface area contributed by atoms with Crippen molar-refractivity contribution in [3.05, 3.63) is 65.7 Å². The van der Waals surface area contributed by atoms with Gasteiger partial charge in [-0.05, 0) is 29.8 Å². The Morgan fingerprint density at radius 1 is 0.923 bits per heavy atom. The summed E-state index contributed by atoms with van der Waals surface area (Å²) in [4.78, 5) is 27.6. The van der Waals surface area contributed by atoms with Crippen molar-refractivity contribution in [3.8, 4) is 5.75 Å². The summed E-state index contributed by atoms with van der Waals surface area (Å²) in [5.41, 5.74) is 6.96. The third kappa shape index (κ3) is 4.83. The molecular weight excluding hydrogens is 330 g/mol. The second kappa shape index (κ2) is 8.49. The average Bonchev–Trinajstić information content (AvgIpc) is 2.68. The van der Waals surface area contributed by atoms with E-state index in [1.54, 1.807) is 24.3 Å². The number of amides is 2. The molecule has 2 aromatic carbocycles. The Morgan fingerprint density at radius 2 is 1.58 bits per heavy atom. The van der Waals surface area contributed by atoms with Gasteiger partial charge >= 0.3 is 0 Å². The predicted molar refractivity (Wildman–Crippen MR) is 98.8 cm³/mol. The van der Waals surface area contributed by atoms with Gasteiger partial charge in [-0.1, -0.05) is 30.3 Å². The second-order valence-electron chi connectivity index (χ2n) is 6.33. The van der Waals surface area contributed by atoms with Crippen molar-refractivity contribution in [3.63, 3.8) is 0 Å².